The molecule has 176 valence electrons. The summed E-state index contributed by atoms with van der Waals surface area (Å²) in [7, 11) is 0. The number of aromatic nitrogens is 3. The normalized spacial score (nSPS) is 11.8. The molecule has 4 aromatic rings. The Morgan fingerprint density at radius 3 is 2.76 bits per heavy atom. The molecule has 0 aliphatic heterocycles. The van der Waals surface area contributed by atoms with E-state index in [1.807, 2.05) is 61.0 Å². The molecule has 0 saturated carbocycles. The third-order valence-electron chi connectivity index (χ3n) is 5.43. The molecule has 34 heavy (non-hydrogen) atoms. The second-order valence-corrected chi connectivity index (χ2v) is 9.34. The second-order valence-electron chi connectivity index (χ2n) is 8.42. The van der Waals surface area contributed by atoms with Crippen LogP contribution in [0.5, 0.6) is 0 Å². The van der Waals surface area contributed by atoms with E-state index in [0.29, 0.717) is 23.1 Å². The lowest BCUT2D eigenvalue weighted by atomic mass is 10.2. The Bertz CT molecular complexity index is 1440. The smallest absolute Gasteiger partial charge is 0.326 e. The quantitative estimate of drug-likeness (QED) is 0.232. The van der Waals surface area contributed by atoms with Gasteiger partial charge in [0.25, 0.3) is 5.56 Å². The lowest BCUT2D eigenvalue weighted by Gasteiger charge is -2.09. The number of aryl methyl sites for hydroxylation is 1. The first-order valence-corrected chi connectivity index (χ1v) is 12.2. The molecular formula is C26H27BrN4O3. The van der Waals surface area contributed by atoms with Crippen LogP contribution in [0.25, 0.3) is 21.8 Å². The van der Waals surface area contributed by atoms with E-state index in [-0.39, 0.29) is 24.2 Å². The van der Waals surface area contributed by atoms with Gasteiger partial charge in [-0.05, 0) is 44.5 Å². The number of rotatable bonds is 8. The molecule has 2 aromatic carbocycles. The lowest BCUT2D eigenvalue weighted by molar-refractivity contribution is -0.148. The van der Waals surface area contributed by atoms with Crippen molar-refractivity contribution < 1.29 is 9.53 Å². The Labute approximate surface area is 206 Å². The van der Waals surface area contributed by atoms with E-state index < -0.39 is 0 Å². The van der Waals surface area contributed by atoms with Crippen molar-refractivity contribution in [3.63, 3.8) is 0 Å². The lowest BCUT2D eigenvalue weighted by Crippen LogP contribution is -2.22. The topological polar surface area (TPSA) is 78.5 Å². The predicted molar refractivity (Wildman–Crippen MR) is 138 cm³/mol. The van der Waals surface area contributed by atoms with Gasteiger partial charge in [-0.25, -0.2) is 4.98 Å². The first-order chi connectivity index (χ1) is 16.4. The minimum atomic E-state index is -0.304. The van der Waals surface area contributed by atoms with Crippen molar-refractivity contribution in [1.82, 2.24) is 14.2 Å². The summed E-state index contributed by atoms with van der Waals surface area (Å²) in [5, 5.41) is 6.01. The highest BCUT2D eigenvalue weighted by Crippen LogP contribution is 2.21. The van der Waals surface area contributed by atoms with Crippen LogP contribution in [0.1, 0.15) is 45.0 Å². The van der Waals surface area contributed by atoms with Gasteiger partial charge >= 0.3 is 5.97 Å². The Morgan fingerprint density at radius 1 is 1.21 bits per heavy atom. The van der Waals surface area contributed by atoms with Crippen LogP contribution >= 0.6 is 15.9 Å². The van der Waals surface area contributed by atoms with Gasteiger partial charge in [-0.3, -0.25) is 9.59 Å². The number of fused-ring (bicyclic) bond motifs is 2. The molecule has 0 aliphatic rings. The molecule has 4 rings (SSSR count). The molecule has 0 unspecified atom stereocenters. The minimum Gasteiger partial charge on any atom is -0.462 e. The zero-order valence-electron chi connectivity index (χ0n) is 19.5. The zero-order chi connectivity index (χ0) is 24.2. The van der Waals surface area contributed by atoms with Crippen molar-refractivity contribution >= 4 is 49.9 Å². The molecule has 0 atom stereocenters. The number of hydrogen-bond acceptors (Lipinski definition) is 5. The average molecular weight is 523 g/mol. The van der Waals surface area contributed by atoms with Gasteiger partial charge in [-0.1, -0.05) is 47.5 Å². The van der Waals surface area contributed by atoms with E-state index in [9.17, 15) is 9.59 Å². The summed E-state index contributed by atoms with van der Waals surface area (Å²) < 4.78 is 9.36. The highest BCUT2D eigenvalue weighted by molar-refractivity contribution is 9.10. The molecule has 0 amide bonds. The van der Waals surface area contributed by atoms with Gasteiger partial charge in [0.05, 0.1) is 23.2 Å². The van der Waals surface area contributed by atoms with Crippen LogP contribution in [0.2, 0.25) is 0 Å². The van der Waals surface area contributed by atoms with Crippen molar-refractivity contribution in [1.29, 1.82) is 0 Å². The SMILES string of the molecule is CCCCc1nc2ccc(Br)cc2c(=O)n1N=Cc1cn(CC(=O)OC(C)C)c2ccccc12. The van der Waals surface area contributed by atoms with E-state index in [2.05, 4.69) is 28.0 Å². The second kappa shape index (κ2) is 10.3. The Balaban J connectivity index is 1.78. The largest absolute Gasteiger partial charge is 0.462 e. The third-order valence-corrected chi connectivity index (χ3v) is 5.92. The van der Waals surface area contributed by atoms with Gasteiger partial charge < -0.3 is 9.30 Å². The summed E-state index contributed by atoms with van der Waals surface area (Å²) in [6, 6.07) is 13.3. The van der Waals surface area contributed by atoms with Crippen molar-refractivity contribution in [3.8, 4) is 0 Å². The maximum absolute atomic E-state index is 13.3. The van der Waals surface area contributed by atoms with Gasteiger partial charge in [0.1, 0.15) is 12.4 Å². The molecule has 7 nitrogen and oxygen atoms in total. The molecule has 0 saturated heterocycles. The number of carbonyl (C=O) groups excluding carboxylic acids is 1. The first kappa shape index (κ1) is 23.9. The van der Waals surface area contributed by atoms with E-state index in [1.54, 1.807) is 12.3 Å². The maximum Gasteiger partial charge on any atom is 0.326 e. The fourth-order valence-corrected chi connectivity index (χ4v) is 4.24. The minimum absolute atomic E-state index is 0.0970. The van der Waals surface area contributed by atoms with Crippen molar-refractivity contribution in [3.05, 3.63) is 74.9 Å². The zero-order valence-corrected chi connectivity index (χ0v) is 21.1. The first-order valence-electron chi connectivity index (χ1n) is 11.4. The molecule has 0 aliphatic carbocycles. The number of para-hydroxylation sites is 1. The average Bonchev–Trinajstić information content (AvgIpc) is 3.14. The summed E-state index contributed by atoms with van der Waals surface area (Å²) in [6.45, 7) is 5.85. The molecular weight excluding hydrogens is 496 g/mol. The molecule has 0 fully saturated rings. The van der Waals surface area contributed by atoms with Crippen molar-refractivity contribution in [2.24, 2.45) is 5.10 Å². The molecule has 8 heteroatoms. The number of benzene rings is 2. The van der Waals surface area contributed by atoms with E-state index >= 15 is 0 Å². The van der Waals surface area contributed by atoms with Crippen molar-refractivity contribution in [2.75, 3.05) is 0 Å². The van der Waals surface area contributed by atoms with E-state index in [0.717, 1.165) is 33.8 Å². The summed E-state index contributed by atoms with van der Waals surface area (Å²) in [6.07, 6.45) is 5.88. The molecule has 0 spiro atoms. The van der Waals surface area contributed by atoms with Gasteiger partial charge in [0, 0.05) is 33.6 Å². The van der Waals surface area contributed by atoms with Crippen LogP contribution in [0.3, 0.4) is 0 Å². The summed E-state index contributed by atoms with van der Waals surface area (Å²) in [4.78, 5) is 30.3. The standard InChI is InChI=1S/C26H27BrN4O3/c1-4-5-10-24-29-22-12-11-19(27)13-21(22)26(33)31(24)28-14-18-15-30(16-25(32)34-17(2)3)23-9-7-6-8-20(18)23/h6-9,11-15,17H,4-5,10,16H2,1-3H3. The number of halogens is 1. The molecule has 0 N–H and O–H groups in total. The highest BCUT2D eigenvalue weighted by atomic mass is 79.9. The van der Waals surface area contributed by atoms with E-state index in [4.69, 9.17) is 9.72 Å². The highest BCUT2D eigenvalue weighted by Gasteiger charge is 2.14. The fraction of sp³-hybridized carbons (Fsp3) is 0.308. The van der Waals surface area contributed by atoms with Gasteiger partial charge in [0.2, 0.25) is 0 Å². The summed E-state index contributed by atoms with van der Waals surface area (Å²) >= 11 is 3.44. The predicted octanol–water partition coefficient (Wildman–Crippen LogP) is 5.29. The number of ether oxygens (including phenoxy) is 1. The number of unbranched alkanes of at least 4 members (excludes halogenated alkanes) is 1. The maximum atomic E-state index is 13.3. The Kier molecular flexibility index (Phi) is 7.26. The fourth-order valence-electron chi connectivity index (χ4n) is 3.88. The monoisotopic (exact) mass is 522 g/mol. The van der Waals surface area contributed by atoms with Crippen LogP contribution in [0.15, 0.2) is 63.0 Å². The summed E-state index contributed by atoms with van der Waals surface area (Å²) in [5.41, 5.74) is 2.14. The Hall–Kier alpha value is -3.26. The molecule has 0 radical (unpaired) electrons. The van der Waals surface area contributed by atoms with Crippen molar-refractivity contribution in [2.45, 2.75) is 52.7 Å². The number of nitrogens with zero attached hydrogens (tertiary/aromatic N) is 4. The van der Waals surface area contributed by atoms with Gasteiger partial charge in [0.15, 0.2) is 0 Å². The number of carbonyl (C=O) groups is 1. The molecule has 2 aromatic heterocycles. The van der Waals surface area contributed by atoms with Crippen LogP contribution in [0, 0.1) is 0 Å². The molecule has 2 heterocycles. The van der Waals surface area contributed by atoms with Crippen LogP contribution in [-0.2, 0) is 22.5 Å². The Morgan fingerprint density at radius 2 is 2.00 bits per heavy atom. The van der Waals surface area contributed by atoms with Gasteiger partial charge in [-0.15, -0.1) is 0 Å². The summed E-state index contributed by atoms with van der Waals surface area (Å²) in [5.74, 6) is 0.323. The van der Waals surface area contributed by atoms with E-state index in [1.165, 1.54) is 4.68 Å². The van der Waals surface area contributed by atoms with Crippen LogP contribution in [-0.4, -0.2) is 32.5 Å². The number of hydrogen-bond donors (Lipinski definition) is 0. The van der Waals surface area contributed by atoms with Gasteiger partial charge in [-0.2, -0.15) is 9.78 Å². The van der Waals surface area contributed by atoms with Crippen LogP contribution < -0.4 is 5.56 Å². The van der Waals surface area contributed by atoms with Crippen LogP contribution in [0.4, 0.5) is 0 Å². The third kappa shape index (κ3) is 5.12. The molecule has 0 bridgehead atoms. The number of esters is 1.